The Morgan fingerprint density at radius 3 is 1.29 bits per heavy atom. The number of hydrogen-bond donors (Lipinski definition) is 1. The smallest absolute Gasteiger partial charge is 0.399 e. The van der Waals surface area contributed by atoms with Gasteiger partial charge >= 0.3 is 14.2 Å². The molecule has 59 heavy (non-hydrogen) atoms. The van der Waals surface area contributed by atoms with Crippen molar-refractivity contribution in [1.82, 2.24) is 0 Å². The first-order chi connectivity index (χ1) is 27.0. The number of ketones is 1. The van der Waals surface area contributed by atoms with E-state index in [1.54, 1.807) is 12.1 Å². The zero-order chi connectivity index (χ0) is 44.5. The number of Topliss-reactive ketones (excluding diaryl/α,β-unsaturated/α-hetero) is 1. The summed E-state index contributed by atoms with van der Waals surface area (Å²) in [6.07, 6.45) is 0.369. The Labute approximate surface area is 360 Å². The average molecular weight is 822 g/mol. The molecule has 0 aromatic heterocycles. The standard InChI is InChI=1S/C25H33BO3.C13H20BNO2.C11H13ClO/c1-17-19(16-22(27)18-12-14-20(15-13-18)23(2,3)4)10-9-11-21(17)26-28-24(5,6)25(7,8)29-26;1-9-10(7-6-8-11(9)15)14-16-12(2,3)13(4,5)17-14;1-11(2,3)9-6-4-8(5-7-9)10(12)13/h9-15H,16H2,1-8H3;6-8H,15H2,1-5H3;4-7H,1-3H3. The van der Waals surface area contributed by atoms with Crippen LogP contribution in [0.25, 0.3) is 0 Å². The minimum absolute atomic E-state index is 0.0787. The van der Waals surface area contributed by atoms with Gasteiger partial charge in [0.2, 0.25) is 0 Å². The molecule has 0 amide bonds. The third-order valence-electron chi connectivity index (χ3n) is 12.3. The topological polar surface area (TPSA) is 97.1 Å². The van der Waals surface area contributed by atoms with Crippen LogP contribution in [0.15, 0.2) is 84.9 Å². The second kappa shape index (κ2) is 17.7. The predicted octanol–water partition coefficient (Wildman–Crippen LogP) is 10.3. The van der Waals surface area contributed by atoms with E-state index in [-0.39, 0.29) is 46.1 Å². The SMILES string of the molecule is CC(C)(C)c1ccc(C(=O)Cl)cc1.Cc1c(CC(=O)c2ccc(C(C)(C)C)cc2)cccc1B1OC(C)(C)C(C)(C)O1.Cc1c(N)cccc1B1OC(C)(C)C(C)(C)O1. The molecular formula is C49H66B2ClNO6. The highest BCUT2D eigenvalue weighted by Gasteiger charge is 2.53. The molecule has 10 heteroatoms. The summed E-state index contributed by atoms with van der Waals surface area (Å²) in [5, 5.41) is -0.402. The lowest BCUT2D eigenvalue weighted by Gasteiger charge is -2.32. The second-order valence-corrected chi connectivity index (χ2v) is 20.2. The van der Waals surface area contributed by atoms with Gasteiger partial charge in [-0.25, -0.2) is 0 Å². The molecule has 2 aliphatic heterocycles. The van der Waals surface area contributed by atoms with E-state index in [0.29, 0.717) is 12.0 Å². The van der Waals surface area contributed by atoms with Crippen LogP contribution in [-0.2, 0) is 35.9 Å². The molecule has 0 radical (unpaired) electrons. The number of benzene rings is 4. The van der Waals surface area contributed by atoms with Crippen LogP contribution in [0, 0.1) is 13.8 Å². The van der Waals surface area contributed by atoms with Gasteiger partial charge in [0.25, 0.3) is 5.24 Å². The maximum Gasteiger partial charge on any atom is 0.495 e. The number of nitrogen functional groups attached to an aromatic ring is 1. The zero-order valence-corrected chi connectivity index (χ0v) is 39.1. The molecule has 316 valence electrons. The maximum absolute atomic E-state index is 12.9. The summed E-state index contributed by atoms with van der Waals surface area (Å²) in [6.45, 7) is 33.4. The highest BCUT2D eigenvalue weighted by atomic mass is 35.5. The Hall–Kier alpha value is -3.72. The van der Waals surface area contributed by atoms with Crippen LogP contribution in [0.4, 0.5) is 5.69 Å². The summed E-state index contributed by atoms with van der Waals surface area (Å²) in [5.74, 6) is 0.125. The van der Waals surface area contributed by atoms with E-state index < -0.39 is 12.4 Å². The number of carbonyl (C=O) groups is 2. The number of anilines is 1. The summed E-state index contributed by atoms with van der Waals surface area (Å²) in [7, 11) is -0.746. The summed E-state index contributed by atoms with van der Waals surface area (Å²) in [4.78, 5) is 23.7. The molecule has 0 spiro atoms. The van der Waals surface area contributed by atoms with Gasteiger partial charge < -0.3 is 24.4 Å². The van der Waals surface area contributed by atoms with Crippen LogP contribution in [0.3, 0.4) is 0 Å². The molecule has 2 N–H and O–H groups in total. The number of carbonyl (C=O) groups excluding carboxylic acids is 2. The van der Waals surface area contributed by atoms with E-state index in [0.717, 1.165) is 38.9 Å². The fourth-order valence-electron chi connectivity index (χ4n) is 6.55. The molecule has 4 aromatic carbocycles. The Balaban J connectivity index is 0.000000216. The summed E-state index contributed by atoms with van der Waals surface area (Å²) in [5.41, 5.74) is 14.4. The van der Waals surface area contributed by atoms with Crippen molar-refractivity contribution >= 4 is 53.5 Å². The van der Waals surface area contributed by atoms with Gasteiger partial charge in [0.05, 0.1) is 22.4 Å². The number of nitrogens with two attached hydrogens (primary N) is 1. The Morgan fingerprint density at radius 1 is 0.559 bits per heavy atom. The van der Waals surface area contributed by atoms with E-state index in [4.69, 9.17) is 36.0 Å². The van der Waals surface area contributed by atoms with Crippen LogP contribution in [0.2, 0.25) is 0 Å². The molecule has 0 unspecified atom stereocenters. The maximum atomic E-state index is 12.9. The van der Waals surface area contributed by atoms with Gasteiger partial charge in [-0.05, 0) is 149 Å². The molecule has 0 saturated carbocycles. The third-order valence-corrected chi connectivity index (χ3v) is 12.5. The summed E-state index contributed by atoms with van der Waals surface area (Å²) < 4.78 is 24.4. The van der Waals surface area contributed by atoms with Crippen LogP contribution in [-0.4, -0.2) is 47.7 Å². The van der Waals surface area contributed by atoms with Gasteiger partial charge in [-0.1, -0.05) is 108 Å². The van der Waals surface area contributed by atoms with E-state index in [9.17, 15) is 9.59 Å². The highest BCUT2D eigenvalue weighted by molar-refractivity contribution is 6.67. The van der Waals surface area contributed by atoms with Crippen LogP contribution in [0.5, 0.6) is 0 Å². The number of halogens is 1. The van der Waals surface area contributed by atoms with Crippen LogP contribution >= 0.6 is 11.6 Å². The Morgan fingerprint density at radius 2 is 0.915 bits per heavy atom. The first kappa shape index (κ1) is 48.0. The molecule has 4 aromatic rings. The number of rotatable bonds is 6. The van der Waals surface area contributed by atoms with Crippen molar-refractivity contribution in [2.24, 2.45) is 0 Å². The lowest BCUT2D eigenvalue weighted by Crippen LogP contribution is -2.41. The predicted molar refractivity (Wildman–Crippen MR) is 247 cm³/mol. The van der Waals surface area contributed by atoms with Crippen molar-refractivity contribution in [3.05, 3.63) is 124 Å². The van der Waals surface area contributed by atoms with E-state index in [1.807, 2.05) is 74.5 Å². The molecule has 2 aliphatic rings. The van der Waals surface area contributed by atoms with Crippen LogP contribution in [0.1, 0.15) is 145 Å². The minimum atomic E-state index is -0.416. The molecule has 7 nitrogen and oxygen atoms in total. The molecule has 2 heterocycles. The van der Waals surface area contributed by atoms with Gasteiger partial charge in [-0.3, -0.25) is 9.59 Å². The van der Waals surface area contributed by atoms with Crippen molar-refractivity contribution in [2.75, 3.05) is 5.73 Å². The second-order valence-electron chi connectivity index (χ2n) is 19.9. The van der Waals surface area contributed by atoms with Gasteiger partial charge in [-0.15, -0.1) is 0 Å². The average Bonchev–Trinajstić information content (AvgIpc) is 3.49. The lowest BCUT2D eigenvalue weighted by atomic mass is 9.74. The summed E-state index contributed by atoms with van der Waals surface area (Å²) in [6, 6.07) is 27.3. The van der Waals surface area contributed by atoms with E-state index in [1.165, 1.54) is 11.1 Å². The third kappa shape index (κ3) is 11.4. The molecule has 0 atom stereocenters. The fourth-order valence-corrected chi connectivity index (χ4v) is 6.68. The van der Waals surface area contributed by atoms with Crippen molar-refractivity contribution < 1.29 is 28.2 Å². The van der Waals surface area contributed by atoms with Crippen molar-refractivity contribution in [3.63, 3.8) is 0 Å². The molecule has 2 fully saturated rings. The molecule has 0 bridgehead atoms. The fraction of sp³-hybridized carbons (Fsp3) is 0.469. The van der Waals surface area contributed by atoms with Gasteiger partial charge in [0.1, 0.15) is 0 Å². The van der Waals surface area contributed by atoms with Crippen molar-refractivity contribution in [2.45, 2.75) is 150 Å². The monoisotopic (exact) mass is 821 g/mol. The van der Waals surface area contributed by atoms with Crippen molar-refractivity contribution in [3.8, 4) is 0 Å². The first-order valence-corrected chi connectivity index (χ1v) is 20.9. The first-order valence-electron chi connectivity index (χ1n) is 20.6. The Bertz CT molecular complexity index is 2080. The molecule has 2 saturated heterocycles. The highest BCUT2D eigenvalue weighted by Crippen LogP contribution is 2.38. The number of hydrogen-bond acceptors (Lipinski definition) is 7. The normalized spacial score (nSPS) is 17.7. The molecule has 6 rings (SSSR count). The van der Waals surface area contributed by atoms with E-state index >= 15 is 0 Å². The molecule has 0 aliphatic carbocycles. The Kier molecular flexibility index (Phi) is 14.4. The van der Waals surface area contributed by atoms with Crippen LogP contribution < -0.4 is 16.7 Å². The quantitative estimate of drug-likeness (QED) is 0.0895. The largest absolute Gasteiger partial charge is 0.495 e. The molecular weight excluding hydrogens is 756 g/mol. The lowest BCUT2D eigenvalue weighted by molar-refractivity contribution is 0.00578. The zero-order valence-electron chi connectivity index (χ0n) is 38.3. The summed E-state index contributed by atoms with van der Waals surface area (Å²) >= 11 is 5.33. The van der Waals surface area contributed by atoms with Gasteiger partial charge in [0, 0.05) is 23.2 Å². The minimum Gasteiger partial charge on any atom is -0.399 e. The van der Waals surface area contributed by atoms with E-state index in [2.05, 4.69) is 109 Å². The van der Waals surface area contributed by atoms with Gasteiger partial charge in [-0.2, -0.15) is 0 Å². The van der Waals surface area contributed by atoms with Gasteiger partial charge in [0.15, 0.2) is 5.78 Å². The van der Waals surface area contributed by atoms with Crippen molar-refractivity contribution in [1.29, 1.82) is 0 Å².